The summed E-state index contributed by atoms with van der Waals surface area (Å²) in [6, 6.07) is 13.6. The monoisotopic (exact) mass is 438 g/mol. The van der Waals surface area contributed by atoms with E-state index in [4.69, 9.17) is 0 Å². The van der Waals surface area contributed by atoms with Crippen LogP contribution in [0.2, 0.25) is 0 Å². The highest BCUT2D eigenvalue weighted by atomic mass is 79.9. The summed E-state index contributed by atoms with van der Waals surface area (Å²) in [6.45, 7) is 1.25. The van der Waals surface area contributed by atoms with Gasteiger partial charge < -0.3 is 5.32 Å². The van der Waals surface area contributed by atoms with Crippen molar-refractivity contribution in [2.75, 3.05) is 6.54 Å². The first kappa shape index (κ1) is 18.4. The number of aromatic amines is 1. The molecule has 0 fully saturated rings. The van der Waals surface area contributed by atoms with Gasteiger partial charge in [-0.2, -0.15) is 5.10 Å². The Bertz CT molecular complexity index is 1100. The normalized spacial score (nSPS) is 11.0. The molecule has 2 N–H and O–H groups in total. The van der Waals surface area contributed by atoms with Gasteiger partial charge in [-0.25, -0.2) is 4.68 Å². The minimum Gasteiger partial charge on any atom is -0.352 e. The maximum Gasteiger partial charge on any atom is 0.251 e. The second-order valence-electron chi connectivity index (χ2n) is 6.53. The molecule has 2 heterocycles. The van der Waals surface area contributed by atoms with Gasteiger partial charge in [-0.1, -0.05) is 39.3 Å². The van der Waals surface area contributed by atoms with Crippen LogP contribution in [0.25, 0.3) is 10.9 Å². The fraction of sp³-hybridized carbons (Fsp3) is 0.200. The zero-order chi connectivity index (χ0) is 19.3. The highest BCUT2D eigenvalue weighted by molar-refractivity contribution is 9.10. The molecule has 0 saturated heterocycles. The van der Waals surface area contributed by atoms with E-state index in [2.05, 4.69) is 47.8 Å². The number of benzene rings is 2. The van der Waals surface area contributed by atoms with Crippen molar-refractivity contribution in [2.24, 2.45) is 0 Å². The van der Waals surface area contributed by atoms with E-state index in [1.165, 1.54) is 0 Å². The van der Waals surface area contributed by atoms with E-state index in [-0.39, 0.29) is 5.91 Å². The molecule has 0 aliphatic heterocycles. The standard InChI is InChI=1S/C20H19BrN6O/c21-18-6-2-1-4-15(18)12-27-13-17(24-26-27)5-3-9-22-20(28)14-7-8-19-16(10-14)11-23-25-19/h1-2,4,6-8,10-11,13H,3,5,9,12H2,(H,22,28)(H,23,25). The van der Waals surface area contributed by atoms with Gasteiger partial charge in [-0.15, -0.1) is 5.10 Å². The molecular formula is C20H19BrN6O. The topological polar surface area (TPSA) is 88.5 Å². The Labute approximate surface area is 170 Å². The van der Waals surface area contributed by atoms with Gasteiger partial charge in [0.05, 0.1) is 24.0 Å². The number of aromatic nitrogens is 5. The van der Waals surface area contributed by atoms with E-state index in [1.54, 1.807) is 12.3 Å². The molecule has 142 valence electrons. The number of halogens is 1. The van der Waals surface area contributed by atoms with Crippen LogP contribution in [0.3, 0.4) is 0 Å². The Morgan fingerprint density at radius 2 is 2.11 bits per heavy atom. The van der Waals surface area contributed by atoms with Gasteiger partial charge in [0.25, 0.3) is 5.91 Å². The van der Waals surface area contributed by atoms with E-state index in [1.807, 2.05) is 41.2 Å². The van der Waals surface area contributed by atoms with Gasteiger partial charge in [0.2, 0.25) is 0 Å². The molecule has 0 bridgehead atoms. The van der Waals surface area contributed by atoms with Crippen LogP contribution in [0, 0.1) is 0 Å². The van der Waals surface area contributed by atoms with Crippen molar-refractivity contribution in [3.63, 3.8) is 0 Å². The predicted octanol–water partition coefficient (Wildman–Crippen LogP) is 3.33. The second-order valence-corrected chi connectivity index (χ2v) is 7.38. The molecule has 0 aliphatic carbocycles. The molecular weight excluding hydrogens is 420 g/mol. The first-order valence-corrected chi connectivity index (χ1v) is 9.82. The molecule has 2 aromatic carbocycles. The van der Waals surface area contributed by atoms with Crippen molar-refractivity contribution in [3.05, 3.63) is 76.2 Å². The van der Waals surface area contributed by atoms with Crippen molar-refractivity contribution in [3.8, 4) is 0 Å². The Morgan fingerprint density at radius 3 is 3.00 bits per heavy atom. The number of amides is 1. The highest BCUT2D eigenvalue weighted by Gasteiger charge is 2.08. The van der Waals surface area contributed by atoms with Crippen molar-refractivity contribution >= 4 is 32.7 Å². The zero-order valence-corrected chi connectivity index (χ0v) is 16.7. The van der Waals surface area contributed by atoms with E-state index in [9.17, 15) is 4.79 Å². The number of carbonyl (C=O) groups excluding carboxylic acids is 1. The molecule has 4 rings (SSSR count). The van der Waals surface area contributed by atoms with E-state index >= 15 is 0 Å². The second kappa shape index (κ2) is 8.35. The molecule has 0 atom stereocenters. The van der Waals surface area contributed by atoms with Crippen LogP contribution in [0.15, 0.2) is 59.3 Å². The number of hydrogen-bond acceptors (Lipinski definition) is 4. The van der Waals surface area contributed by atoms with Crippen LogP contribution in [-0.2, 0) is 13.0 Å². The maximum atomic E-state index is 12.3. The number of rotatable bonds is 7. The molecule has 0 aliphatic rings. The van der Waals surface area contributed by atoms with Gasteiger partial charge in [0.1, 0.15) is 0 Å². The fourth-order valence-electron chi connectivity index (χ4n) is 2.99. The Kier molecular flexibility index (Phi) is 5.48. The molecule has 2 aromatic heterocycles. The predicted molar refractivity (Wildman–Crippen MR) is 110 cm³/mol. The maximum absolute atomic E-state index is 12.3. The summed E-state index contributed by atoms with van der Waals surface area (Å²) >= 11 is 3.55. The zero-order valence-electron chi connectivity index (χ0n) is 15.1. The van der Waals surface area contributed by atoms with Crippen LogP contribution in [0.4, 0.5) is 0 Å². The lowest BCUT2D eigenvalue weighted by Crippen LogP contribution is -2.24. The van der Waals surface area contributed by atoms with Crippen molar-refractivity contribution in [1.82, 2.24) is 30.5 Å². The molecule has 0 saturated carbocycles. The van der Waals surface area contributed by atoms with Crippen LogP contribution in [0.1, 0.15) is 28.0 Å². The fourth-order valence-corrected chi connectivity index (χ4v) is 3.40. The van der Waals surface area contributed by atoms with Gasteiger partial charge in [0.15, 0.2) is 0 Å². The largest absolute Gasteiger partial charge is 0.352 e. The molecule has 0 radical (unpaired) electrons. The Morgan fingerprint density at radius 1 is 1.21 bits per heavy atom. The molecule has 0 spiro atoms. The van der Waals surface area contributed by atoms with Gasteiger partial charge in [-0.3, -0.25) is 9.89 Å². The summed E-state index contributed by atoms with van der Waals surface area (Å²) in [7, 11) is 0. The minimum atomic E-state index is -0.0827. The SMILES string of the molecule is O=C(NCCCc1cn(Cc2ccccc2Br)nn1)c1ccc2[nH]ncc2c1. The summed E-state index contributed by atoms with van der Waals surface area (Å²) < 4.78 is 2.89. The molecule has 1 amide bonds. The van der Waals surface area contributed by atoms with Crippen LogP contribution in [0.5, 0.6) is 0 Å². The molecule has 4 aromatic rings. The molecule has 0 unspecified atom stereocenters. The Hall–Kier alpha value is -3.00. The van der Waals surface area contributed by atoms with E-state index in [0.29, 0.717) is 18.7 Å². The van der Waals surface area contributed by atoms with Gasteiger partial charge >= 0.3 is 0 Å². The number of hydrogen-bond donors (Lipinski definition) is 2. The van der Waals surface area contributed by atoms with Crippen LogP contribution in [-0.4, -0.2) is 37.6 Å². The first-order valence-electron chi connectivity index (χ1n) is 9.03. The summed E-state index contributed by atoms with van der Waals surface area (Å²) in [5.41, 5.74) is 3.62. The molecule has 7 nitrogen and oxygen atoms in total. The average Bonchev–Trinajstić information content (AvgIpc) is 3.35. The van der Waals surface area contributed by atoms with Gasteiger partial charge in [-0.05, 0) is 42.7 Å². The lowest BCUT2D eigenvalue weighted by molar-refractivity contribution is 0.0953. The summed E-state index contributed by atoms with van der Waals surface area (Å²) in [6.07, 6.45) is 5.22. The van der Waals surface area contributed by atoms with Crippen LogP contribution < -0.4 is 5.32 Å². The summed E-state index contributed by atoms with van der Waals surface area (Å²) in [4.78, 5) is 12.3. The number of nitrogens with zero attached hydrogens (tertiary/aromatic N) is 4. The average molecular weight is 439 g/mol. The van der Waals surface area contributed by atoms with Crippen LogP contribution >= 0.6 is 15.9 Å². The number of carbonyl (C=O) groups is 1. The number of H-pyrrole nitrogens is 1. The first-order chi connectivity index (χ1) is 13.7. The van der Waals surface area contributed by atoms with Gasteiger partial charge in [0, 0.05) is 28.2 Å². The number of aryl methyl sites for hydroxylation is 1. The number of nitrogens with one attached hydrogen (secondary N) is 2. The van der Waals surface area contributed by atoms with E-state index < -0.39 is 0 Å². The Balaban J connectivity index is 1.25. The smallest absolute Gasteiger partial charge is 0.251 e. The third kappa shape index (κ3) is 4.28. The quantitative estimate of drug-likeness (QED) is 0.433. The number of fused-ring (bicyclic) bond motifs is 1. The van der Waals surface area contributed by atoms with Crippen molar-refractivity contribution in [2.45, 2.75) is 19.4 Å². The third-order valence-corrected chi connectivity index (χ3v) is 5.25. The lowest BCUT2D eigenvalue weighted by atomic mass is 10.1. The molecule has 28 heavy (non-hydrogen) atoms. The summed E-state index contributed by atoms with van der Waals surface area (Å²) in [5, 5.41) is 19.1. The van der Waals surface area contributed by atoms with Crippen molar-refractivity contribution in [1.29, 1.82) is 0 Å². The third-order valence-electron chi connectivity index (χ3n) is 4.47. The summed E-state index contributed by atoms with van der Waals surface area (Å²) in [5.74, 6) is -0.0827. The molecule has 8 heteroatoms. The highest BCUT2D eigenvalue weighted by Crippen LogP contribution is 2.17. The lowest BCUT2D eigenvalue weighted by Gasteiger charge is -2.04. The minimum absolute atomic E-state index is 0.0827. The van der Waals surface area contributed by atoms with E-state index in [0.717, 1.165) is 39.5 Å². The van der Waals surface area contributed by atoms with Crippen molar-refractivity contribution < 1.29 is 4.79 Å².